The Labute approximate surface area is 141 Å². The van der Waals surface area contributed by atoms with E-state index in [0.717, 1.165) is 5.56 Å². The van der Waals surface area contributed by atoms with Gasteiger partial charge in [-0.2, -0.15) is 0 Å². The summed E-state index contributed by atoms with van der Waals surface area (Å²) in [6.45, 7) is 4.29. The molecule has 0 atom stereocenters. The Balaban J connectivity index is 1.95. The van der Waals surface area contributed by atoms with Gasteiger partial charge in [0.25, 0.3) is 0 Å². The maximum absolute atomic E-state index is 12.6. The molecular weight excluding hydrogens is 304 g/mol. The van der Waals surface area contributed by atoms with Gasteiger partial charge in [0, 0.05) is 12.1 Å². The summed E-state index contributed by atoms with van der Waals surface area (Å²) < 4.78 is 16.3. The van der Waals surface area contributed by atoms with E-state index in [1.807, 2.05) is 12.1 Å². The number of carbonyl (C=O) groups is 1. The molecule has 1 aliphatic heterocycles. The summed E-state index contributed by atoms with van der Waals surface area (Å²) in [7, 11) is 3.08. The van der Waals surface area contributed by atoms with Gasteiger partial charge in [-0.15, -0.1) is 0 Å². The van der Waals surface area contributed by atoms with Crippen molar-refractivity contribution in [2.45, 2.75) is 19.8 Å². The molecule has 0 aliphatic carbocycles. The van der Waals surface area contributed by atoms with Gasteiger partial charge in [0.15, 0.2) is 5.76 Å². The van der Waals surface area contributed by atoms with Crippen LogP contribution >= 0.6 is 0 Å². The number of rotatable bonds is 4. The van der Waals surface area contributed by atoms with E-state index in [1.54, 1.807) is 25.3 Å². The van der Waals surface area contributed by atoms with Gasteiger partial charge in [-0.3, -0.25) is 4.79 Å². The van der Waals surface area contributed by atoms with Gasteiger partial charge in [-0.05, 0) is 23.1 Å². The molecule has 1 aliphatic rings. The van der Waals surface area contributed by atoms with E-state index in [1.165, 1.54) is 12.7 Å². The van der Waals surface area contributed by atoms with Crippen molar-refractivity contribution >= 4 is 11.9 Å². The number of carbonyl (C=O) groups excluding carboxylic acids is 1. The van der Waals surface area contributed by atoms with Crippen molar-refractivity contribution in [1.29, 1.82) is 0 Å². The van der Waals surface area contributed by atoms with Crippen LogP contribution < -0.4 is 14.2 Å². The van der Waals surface area contributed by atoms with Gasteiger partial charge >= 0.3 is 0 Å². The molecule has 124 valence electrons. The maximum atomic E-state index is 12.6. The standard InChI is InChI=1S/C20H20O4/c1-12(2)14-7-5-13(6-8-14)9-18-20(21)19-16(23-4)10-15(22-3)11-17(19)24-18/h5-12H,1-4H3/b18-9-. The van der Waals surface area contributed by atoms with Gasteiger partial charge in [0.1, 0.15) is 22.8 Å². The second-order valence-electron chi connectivity index (χ2n) is 5.96. The molecule has 0 spiro atoms. The monoisotopic (exact) mass is 324 g/mol. The zero-order valence-corrected chi connectivity index (χ0v) is 14.3. The van der Waals surface area contributed by atoms with Crippen LogP contribution in [0.4, 0.5) is 0 Å². The highest BCUT2D eigenvalue weighted by Gasteiger charge is 2.32. The van der Waals surface area contributed by atoms with Crippen LogP contribution in [0.5, 0.6) is 17.2 Å². The molecule has 0 saturated heterocycles. The zero-order chi connectivity index (χ0) is 17.3. The summed E-state index contributed by atoms with van der Waals surface area (Å²) in [5.41, 5.74) is 2.61. The minimum absolute atomic E-state index is 0.183. The largest absolute Gasteiger partial charge is 0.496 e. The van der Waals surface area contributed by atoms with Crippen LogP contribution in [0.15, 0.2) is 42.2 Å². The summed E-state index contributed by atoms with van der Waals surface area (Å²) in [5.74, 6) is 2.07. The summed E-state index contributed by atoms with van der Waals surface area (Å²) in [4.78, 5) is 12.6. The molecule has 0 unspecified atom stereocenters. The molecule has 2 aromatic carbocycles. The van der Waals surface area contributed by atoms with E-state index in [9.17, 15) is 4.79 Å². The van der Waals surface area contributed by atoms with Crippen molar-refractivity contribution in [3.05, 3.63) is 58.8 Å². The molecule has 0 amide bonds. The fourth-order valence-electron chi connectivity index (χ4n) is 2.66. The number of ether oxygens (including phenoxy) is 3. The normalized spacial score (nSPS) is 14.7. The summed E-state index contributed by atoms with van der Waals surface area (Å²) >= 11 is 0. The molecule has 4 nitrogen and oxygen atoms in total. The van der Waals surface area contributed by atoms with Crippen molar-refractivity contribution in [2.24, 2.45) is 0 Å². The average Bonchev–Trinajstić information content (AvgIpc) is 2.90. The fraction of sp³-hybridized carbons (Fsp3) is 0.250. The van der Waals surface area contributed by atoms with E-state index < -0.39 is 0 Å². The van der Waals surface area contributed by atoms with Crippen LogP contribution in [0.2, 0.25) is 0 Å². The number of ketones is 1. The number of allylic oxidation sites excluding steroid dienone is 1. The van der Waals surface area contributed by atoms with Gasteiger partial charge in [0.05, 0.1) is 14.2 Å². The lowest BCUT2D eigenvalue weighted by Gasteiger charge is -2.07. The van der Waals surface area contributed by atoms with Crippen LogP contribution in [0.1, 0.15) is 41.3 Å². The molecule has 0 fully saturated rings. The van der Waals surface area contributed by atoms with Crippen LogP contribution in [0.25, 0.3) is 6.08 Å². The Hall–Kier alpha value is -2.75. The SMILES string of the molecule is COc1cc(OC)c2c(c1)O/C(=C\c1ccc(C(C)C)cc1)C2=O. The molecule has 0 aromatic heterocycles. The average molecular weight is 324 g/mol. The molecular formula is C20H20O4. The Kier molecular flexibility index (Phi) is 4.30. The first-order valence-electron chi connectivity index (χ1n) is 7.83. The minimum atomic E-state index is -0.183. The molecule has 4 heteroatoms. The Morgan fingerprint density at radius 2 is 1.75 bits per heavy atom. The molecule has 0 bridgehead atoms. The lowest BCUT2D eigenvalue weighted by molar-refractivity contribution is 0.101. The Morgan fingerprint density at radius 1 is 1.04 bits per heavy atom. The van der Waals surface area contributed by atoms with Crippen LogP contribution in [-0.2, 0) is 0 Å². The summed E-state index contributed by atoms with van der Waals surface area (Å²) in [6.07, 6.45) is 1.75. The third-order valence-electron chi connectivity index (χ3n) is 4.07. The lowest BCUT2D eigenvalue weighted by atomic mass is 10.0. The third kappa shape index (κ3) is 2.87. The first kappa shape index (κ1) is 16.1. The fourth-order valence-corrected chi connectivity index (χ4v) is 2.66. The third-order valence-corrected chi connectivity index (χ3v) is 4.07. The summed E-state index contributed by atoms with van der Waals surface area (Å²) in [5, 5.41) is 0. The van der Waals surface area contributed by atoms with Crippen molar-refractivity contribution in [2.75, 3.05) is 14.2 Å². The van der Waals surface area contributed by atoms with Gasteiger partial charge in [-0.1, -0.05) is 38.1 Å². The molecule has 24 heavy (non-hydrogen) atoms. The number of hydrogen-bond acceptors (Lipinski definition) is 4. The quantitative estimate of drug-likeness (QED) is 0.780. The second kappa shape index (κ2) is 6.40. The van der Waals surface area contributed by atoms with Crippen LogP contribution in [-0.4, -0.2) is 20.0 Å². The number of methoxy groups -OCH3 is 2. The van der Waals surface area contributed by atoms with E-state index in [-0.39, 0.29) is 11.5 Å². The molecule has 3 rings (SSSR count). The highest BCUT2D eigenvalue weighted by atomic mass is 16.5. The Bertz CT molecular complexity index is 801. The van der Waals surface area contributed by atoms with Gasteiger partial charge in [-0.25, -0.2) is 0 Å². The first-order valence-corrected chi connectivity index (χ1v) is 7.83. The summed E-state index contributed by atoms with van der Waals surface area (Å²) in [6, 6.07) is 11.5. The predicted octanol–water partition coefficient (Wildman–Crippen LogP) is 4.44. The number of fused-ring (bicyclic) bond motifs is 1. The first-order chi connectivity index (χ1) is 11.5. The minimum Gasteiger partial charge on any atom is -0.496 e. The molecule has 0 radical (unpaired) electrons. The van der Waals surface area contributed by atoms with Crippen molar-refractivity contribution in [3.63, 3.8) is 0 Å². The van der Waals surface area contributed by atoms with Crippen LogP contribution in [0, 0.1) is 0 Å². The van der Waals surface area contributed by atoms with Crippen molar-refractivity contribution in [3.8, 4) is 17.2 Å². The van der Waals surface area contributed by atoms with Gasteiger partial charge < -0.3 is 14.2 Å². The van der Waals surface area contributed by atoms with Crippen molar-refractivity contribution in [1.82, 2.24) is 0 Å². The zero-order valence-electron chi connectivity index (χ0n) is 14.3. The maximum Gasteiger partial charge on any atom is 0.235 e. The van der Waals surface area contributed by atoms with E-state index in [0.29, 0.717) is 28.7 Å². The molecule has 0 N–H and O–H groups in total. The number of Topliss-reactive ketones (excluding diaryl/α,β-unsaturated/α-hetero) is 1. The smallest absolute Gasteiger partial charge is 0.235 e. The van der Waals surface area contributed by atoms with Crippen LogP contribution in [0.3, 0.4) is 0 Å². The lowest BCUT2D eigenvalue weighted by Crippen LogP contribution is -2.00. The predicted molar refractivity (Wildman–Crippen MR) is 93.0 cm³/mol. The highest BCUT2D eigenvalue weighted by Crippen LogP contribution is 2.41. The molecule has 2 aromatic rings. The number of hydrogen-bond donors (Lipinski definition) is 0. The number of benzene rings is 2. The molecule has 0 saturated carbocycles. The van der Waals surface area contributed by atoms with E-state index >= 15 is 0 Å². The highest BCUT2D eigenvalue weighted by molar-refractivity contribution is 6.16. The molecule has 1 heterocycles. The van der Waals surface area contributed by atoms with E-state index in [4.69, 9.17) is 14.2 Å². The topological polar surface area (TPSA) is 44.8 Å². The Morgan fingerprint density at radius 3 is 2.33 bits per heavy atom. The van der Waals surface area contributed by atoms with E-state index in [2.05, 4.69) is 26.0 Å². The van der Waals surface area contributed by atoms with Gasteiger partial charge in [0.2, 0.25) is 5.78 Å². The van der Waals surface area contributed by atoms with Crippen molar-refractivity contribution < 1.29 is 19.0 Å². The second-order valence-corrected chi connectivity index (χ2v) is 5.96.